The quantitative estimate of drug-likeness (QED) is 0.263. The molecule has 47 valence electrons. The molecule has 0 aliphatic rings. The van der Waals surface area contributed by atoms with Gasteiger partial charge >= 0.3 is 26.7 Å². The number of phosphoric acid groups is 1. The first kappa shape index (κ1) is 22.9. The minimum atomic E-state index is -4.64. The molecule has 8 heavy (non-hydrogen) atoms. The van der Waals surface area contributed by atoms with Crippen LogP contribution in [-0.2, 0) is 23.1 Å². The molecule has 0 aromatic carbocycles. The predicted octanol–water partition coefficient (Wildman–Crippen LogP) is -3.66. The minimum absolute atomic E-state index is 0. The molecule has 0 aliphatic carbocycles. The van der Waals surface area contributed by atoms with Crippen LogP contribution in [0, 0.1) is 0 Å². The number of hydrogen-bond acceptors (Lipinski definition) is 1. The van der Waals surface area contributed by atoms with E-state index in [1.165, 1.54) is 0 Å². The average molecular weight is 177 g/mol. The van der Waals surface area contributed by atoms with Gasteiger partial charge in [-0.05, 0) is 0 Å². The first-order chi connectivity index (χ1) is 2.00. The van der Waals surface area contributed by atoms with Gasteiger partial charge < -0.3 is 16.1 Å². The summed E-state index contributed by atoms with van der Waals surface area (Å²) in [7, 11) is -4.64. The molecular formula is H5FLiO4PV. The maximum Gasteiger partial charge on any atom is 1.00 e. The smallest absolute Gasteiger partial charge is 1.00 e. The molecule has 0 fully saturated rings. The molecule has 0 amide bonds. The summed E-state index contributed by atoms with van der Waals surface area (Å²) in [6.45, 7) is 0. The zero-order valence-electron chi connectivity index (χ0n) is 5.05. The van der Waals surface area contributed by atoms with Gasteiger partial charge in [0.05, 0.1) is 0 Å². The van der Waals surface area contributed by atoms with Gasteiger partial charge in [-0.1, -0.05) is 0 Å². The second kappa shape index (κ2) is 8.22. The van der Waals surface area contributed by atoms with Crippen molar-refractivity contribution in [1.82, 2.24) is 0 Å². The van der Waals surface area contributed by atoms with Gasteiger partial charge in [0, 0.05) is 18.6 Å². The van der Waals surface area contributed by atoms with Crippen molar-refractivity contribution in [1.29, 1.82) is 0 Å². The van der Waals surface area contributed by atoms with Crippen LogP contribution in [0.1, 0.15) is 1.43 Å². The Bertz CT molecular complexity index is 66.7. The fourth-order valence-corrected chi connectivity index (χ4v) is 0. The molecule has 0 unspecified atom stereocenters. The molecular weight excluding hydrogens is 172 g/mol. The predicted molar refractivity (Wildman–Crippen MR) is 17.9 cm³/mol. The molecule has 0 saturated carbocycles. The Kier molecular flexibility index (Phi) is 23.5. The summed E-state index contributed by atoms with van der Waals surface area (Å²) >= 11 is 0. The summed E-state index contributed by atoms with van der Waals surface area (Å²) < 4.78 is 8.88. The van der Waals surface area contributed by atoms with E-state index in [1.54, 1.807) is 0 Å². The largest absolute Gasteiger partial charge is 1.00 e. The Morgan fingerprint density at radius 2 is 1.25 bits per heavy atom. The van der Waals surface area contributed by atoms with Crippen LogP contribution in [0.25, 0.3) is 0 Å². The molecule has 0 atom stereocenters. The van der Waals surface area contributed by atoms with Crippen LogP contribution in [0.15, 0.2) is 0 Å². The van der Waals surface area contributed by atoms with E-state index in [0.29, 0.717) is 0 Å². The van der Waals surface area contributed by atoms with Crippen molar-refractivity contribution in [2.24, 2.45) is 0 Å². The van der Waals surface area contributed by atoms with Gasteiger partial charge in [-0.3, -0.25) is 4.70 Å². The van der Waals surface area contributed by atoms with Gasteiger partial charge in [-0.2, -0.15) is 0 Å². The zero-order chi connectivity index (χ0) is 4.50. The monoisotopic (exact) mass is 177 g/mol. The fourth-order valence-electron chi connectivity index (χ4n) is 0. The van der Waals surface area contributed by atoms with E-state index in [9.17, 15) is 0 Å². The Labute approximate surface area is 70.8 Å². The first-order valence-corrected chi connectivity index (χ1v) is 2.35. The Morgan fingerprint density at radius 3 is 1.25 bits per heavy atom. The van der Waals surface area contributed by atoms with E-state index in [4.69, 9.17) is 19.2 Å². The van der Waals surface area contributed by atoms with Crippen molar-refractivity contribution in [2.75, 3.05) is 0 Å². The standard InChI is InChI=1S/FH.Li.H3O4P.V.H/c;;1-5(2,3)4;;/h1H;;(H3,1,2,3,4);;/q;+1;;;-1. The molecule has 0 rings (SSSR count). The van der Waals surface area contributed by atoms with Crippen LogP contribution >= 0.6 is 7.82 Å². The molecule has 8 heteroatoms. The fraction of sp³-hybridized carbons (Fsp3) is 0. The van der Waals surface area contributed by atoms with Crippen molar-refractivity contribution in [3.05, 3.63) is 0 Å². The van der Waals surface area contributed by atoms with Crippen LogP contribution in [-0.4, -0.2) is 14.7 Å². The maximum absolute atomic E-state index is 8.88. The molecule has 4 nitrogen and oxygen atoms in total. The first-order valence-electron chi connectivity index (χ1n) is 0.783. The summed E-state index contributed by atoms with van der Waals surface area (Å²) in [5.74, 6) is 0. The Morgan fingerprint density at radius 1 is 1.25 bits per heavy atom. The third-order valence-electron chi connectivity index (χ3n) is 0. The number of halogens is 1. The van der Waals surface area contributed by atoms with E-state index < -0.39 is 7.82 Å². The van der Waals surface area contributed by atoms with Gasteiger partial charge in [0.2, 0.25) is 0 Å². The summed E-state index contributed by atoms with van der Waals surface area (Å²) in [6.07, 6.45) is 0. The number of hydrogen-bond donors (Lipinski definition) is 3. The molecule has 0 aromatic rings. The van der Waals surface area contributed by atoms with Crippen molar-refractivity contribution >= 4 is 7.82 Å². The third kappa shape index (κ3) is 187. The SMILES string of the molecule is F.O=P(O)(O)O.[H-].[Li+].[V]. The van der Waals surface area contributed by atoms with Crippen molar-refractivity contribution < 1.29 is 62.8 Å². The molecule has 0 aromatic heterocycles. The van der Waals surface area contributed by atoms with Crippen LogP contribution in [0.2, 0.25) is 0 Å². The molecule has 0 aliphatic heterocycles. The van der Waals surface area contributed by atoms with Gasteiger partial charge in [0.25, 0.3) is 0 Å². The van der Waals surface area contributed by atoms with Gasteiger partial charge in [-0.15, -0.1) is 0 Å². The van der Waals surface area contributed by atoms with E-state index >= 15 is 0 Å². The topological polar surface area (TPSA) is 77.8 Å². The van der Waals surface area contributed by atoms with Crippen molar-refractivity contribution in [3.63, 3.8) is 0 Å². The van der Waals surface area contributed by atoms with E-state index in [-0.39, 0.29) is 43.5 Å². The van der Waals surface area contributed by atoms with Gasteiger partial charge in [0.1, 0.15) is 0 Å². The second-order valence-corrected chi connectivity index (χ2v) is 1.54. The summed E-state index contributed by atoms with van der Waals surface area (Å²) in [5.41, 5.74) is 0. The minimum Gasteiger partial charge on any atom is -1.00 e. The van der Waals surface area contributed by atoms with Crippen molar-refractivity contribution in [3.8, 4) is 0 Å². The third-order valence-corrected chi connectivity index (χ3v) is 0. The molecule has 3 N–H and O–H groups in total. The van der Waals surface area contributed by atoms with Crippen LogP contribution in [0.3, 0.4) is 0 Å². The Balaban J connectivity index is -0.0000000133. The van der Waals surface area contributed by atoms with E-state index in [2.05, 4.69) is 0 Å². The molecule has 0 spiro atoms. The van der Waals surface area contributed by atoms with E-state index in [1.807, 2.05) is 0 Å². The maximum atomic E-state index is 8.88. The molecule has 0 bridgehead atoms. The average Bonchev–Trinajstić information content (AvgIpc) is 0.722. The van der Waals surface area contributed by atoms with Crippen LogP contribution in [0.4, 0.5) is 4.70 Å². The van der Waals surface area contributed by atoms with Gasteiger partial charge in [-0.25, -0.2) is 4.57 Å². The van der Waals surface area contributed by atoms with Gasteiger partial charge in [0.15, 0.2) is 0 Å². The Hall–Kier alpha value is 1.22. The summed E-state index contributed by atoms with van der Waals surface area (Å²) in [5, 5.41) is 0. The normalized spacial score (nSPS) is 7.38. The molecule has 0 saturated heterocycles. The molecule has 1 radical (unpaired) electrons. The van der Waals surface area contributed by atoms with Crippen LogP contribution in [0.5, 0.6) is 0 Å². The zero-order valence-corrected chi connectivity index (χ0v) is 6.34. The molecule has 0 heterocycles. The van der Waals surface area contributed by atoms with E-state index in [0.717, 1.165) is 0 Å². The summed E-state index contributed by atoms with van der Waals surface area (Å²) in [4.78, 5) is 21.6. The van der Waals surface area contributed by atoms with Crippen LogP contribution < -0.4 is 18.9 Å². The summed E-state index contributed by atoms with van der Waals surface area (Å²) in [6, 6.07) is 0. The second-order valence-electron chi connectivity index (χ2n) is 0.513. The number of rotatable bonds is 0. The van der Waals surface area contributed by atoms with Crippen molar-refractivity contribution in [2.45, 2.75) is 0 Å².